The number of hydrogen-bond donors (Lipinski definition) is 2. The van der Waals surface area contributed by atoms with Crippen LogP contribution in [0.15, 0.2) is 5.38 Å². The molecule has 1 saturated heterocycles. The molecule has 0 spiro atoms. The molecule has 0 radical (unpaired) electrons. The summed E-state index contributed by atoms with van der Waals surface area (Å²) in [7, 11) is 0. The van der Waals surface area contributed by atoms with Crippen LogP contribution in [0.2, 0.25) is 0 Å². The zero-order valence-electron chi connectivity index (χ0n) is 13.2. The molecule has 0 saturated carbocycles. The van der Waals surface area contributed by atoms with E-state index in [1.807, 2.05) is 20.8 Å². The Hall–Kier alpha value is -1.14. The van der Waals surface area contributed by atoms with Gasteiger partial charge >= 0.3 is 0 Å². The number of nitrogens with one attached hydrogen (secondary N) is 1. The molecule has 1 amide bonds. The average Bonchev–Trinajstić information content (AvgIpc) is 3.06. The van der Waals surface area contributed by atoms with E-state index in [2.05, 4.69) is 20.6 Å². The predicted molar refractivity (Wildman–Crippen MR) is 87.7 cm³/mol. The lowest BCUT2D eigenvalue weighted by Gasteiger charge is -2.25. The summed E-state index contributed by atoms with van der Waals surface area (Å²) in [4.78, 5) is 18.9. The number of nitrogens with zero attached hydrogens (tertiary/aromatic N) is 2. The maximum atomic E-state index is 11.9. The second kappa shape index (κ2) is 6.75. The van der Waals surface area contributed by atoms with E-state index in [0.717, 1.165) is 30.3 Å². The van der Waals surface area contributed by atoms with Crippen molar-refractivity contribution in [3.63, 3.8) is 0 Å². The number of nitrogens with two attached hydrogens (primary N) is 1. The monoisotopic (exact) mass is 310 g/mol. The summed E-state index contributed by atoms with van der Waals surface area (Å²) < 4.78 is 0. The van der Waals surface area contributed by atoms with E-state index >= 15 is 0 Å². The highest BCUT2D eigenvalue weighted by atomic mass is 32.1. The van der Waals surface area contributed by atoms with Gasteiger partial charge in [0.05, 0.1) is 11.7 Å². The van der Waals surface area contributed by atoms with Gasteiger partial charge in [-0.25, -0.2) is 4.98 Å². The van der Waals surface area contributed by atoms with Gasteiger partial charge in [-0.1, -0.05) is 20.8 Å². The standard InChI is InChI=1S/C15H26N4OS/c1-15(2,3)12(16)13(20)17-7-6-11-10-21-14(18-11)19-8-4-5-9-19/h10,12H,4-9,16H2,1-3H3,(H,17,20)/t12-/m1/s1. The van der Waals surface area contributed by atoms with Crippen molar-refractivity contribution in [2.75, 3.05) is 24.5 Å². The zero-order valence-corrected chi connectivity index (χ0v) is 14.0. The lowest BCUT2D eigenvalue weighted by Crippen LogP contribution is -2.49. The molecule has 118 valence electrons. The van der Waals surface area contributed by atoms with E-state index in [0.29, 0.717) is 6.54 Å². The first kappa shape index (κ1) is 16.2. The highest BCUT2D eigenvalue weighted by molar-refractivity contribution is 7.13. The third-order valence-electron chi connectivity index (χ3n) is 3.81. The average molecular weight is 310 g/mol. The first-order chi connectivity index (χ1) is 9.88. The molecular formula is C15H26N4OS. The number of carbonyl (C=O) groups excluding carboxylic acids is 1. The van der Waals surface area contributed by atoms with Crippen LogP contribution in [-0.4, -0.2) is 36.6 Å². The van der Waals surface area contributed by atoms with Crippen LogP contribution >= 0.6 is 11.3 Å². The van der Waals surface area contributed by atoms with Crippen LogP contribution in [0.5, 0.6) is 0 Å². The smallest absolute Gasteiger partial charge is 0.237 e. The number of carbonyl (C=O) groups is 1. The Balaban J connectivity index is 1.77. The Labute approximate surface area is 130 Å². The quantitative estimate of drug-likeness (QED) is 0.869. The van der Waals surface area contributed by atoms with Crippen LogP contribution in [-0.2, 0) is 11.2 Å². The normalized spacial score (nSPS) is 17.0. The van der Waals surface area contributed by atoms with Crippen molar-refractivity contribution < 1.29 is 4.79 Å². The molecule has 1 fully saturated rings. The van der Waals surface area contributed by atoms with Gasteiger partial charge < -0.3 is 16.0 Å². The molecule has 21 heavy (non-hydrogen) atoms. The van der Waals surface area contributed by atoms with Crippen LogP contribution in [0.3, 0.4) is 0 Å². The maximum Gasteiger partial charge on any atom is 0.237 e. The number of anilines is 1. The summed E-state index contributed by atoms with van der Waals surface area (Å²) >= 11 is 1.69. The van der Waals surface area contributed by atoms with Crippen molar-refractivity contribution in [3.8, 4) is 0 Å². The van der Waals surface area contributed by atoms with Crippen LogP contribution < -0.4 is 16.0 Å². The second-order valence-corrected chi connectivity index (χ2v) is 7.54. The van der Waals surface area contributed by atoms with E-state index in [4.69, 9.17) is 5.73 Å². The van der Waals surface area contributed by atoms with Gasteiger partial charge in [0, 0.05) is 31.4 Å². The van der Waals surface area contributed by atoms with Gasteiger partial charge in [-0.15, -0.1) is 11.3 Å². The molecule has 1 atom stereocenters. The molecule has 1 aromatic heterocycles. The first-order valence-corrected chi connectivity index (χ1v) is 8.48. The molecule has 5 nitrogen and oxygen atoms in total. The predicted octanol–water partition coefficient (Wildman–Crippen LogP) is 1.78. The largest absolute Gasteiger partial charge is 0.354 e. The maximum absolute atomic E-state index is 11.9. The molecule has 3 N–H and O–H groups in total. The summed E-state index contributed by atoms with van der Waals surface area (Å²) in [6, 6.07) is -0.479. The van der Waals surface area contributed by atoms with E-state index < -0.39 is 6.04 Å². The second-order valence-electron chi connectivity index (χ2n) is 6.70. The molecule has 6 heteroatoms. The van der Waals surface area contributed by atoms with E-state index in [9.17, 15) is 4.79 Å². The minimum absolute atomic E-state index is 0.0857. The summed E-state index contributed by atoms with van der Waals surface area (Å²) in [5.41, 5.74) is 6.76. The Kier molecular flexibility index (Phi) is 5.22. The van der Waals surface area contributed by atoms with E-state index in [-0.39, 0.29) is 11.3 Å². The Bertz CT molecular complexity index is 474. The van der Waals surface area contributed by atoms with Gasteiger partial charge in [0.2, 0.25) is 5.91 Å². The summed E-state index contributed by atoms with van der Waals surface area (Å²) in [6.45, 7) is 8.74. The number of rotatable bonds is 5. The van der Waals surface area contributed by atoms with Crippen LogP contribution in [0, 0.1) is 5.41 Å². The number of aromatic nitrogens is 1. The molecule has 1 aliphatic heterocycles. The topological polar surface area (TPSA) is 71.2 Å². The number of amides is 1. The van der Waals surface area contributed by atoms with Crippen molar-refractivity contribution in [2.45, 2.75) is 46.1 Å². The van der Waals surface area contributed by atoms with Crippen LogP contribution in [0.1, 0.15) is 39.3 Å². The van der Waals surface area contributed by atoms with Gasteiger partial charge in [-0.2, -0.15) is 0 Å². The van der Waals surface area contributed by atoms with Crippen molar-refractivity contribution in [1.82, 2.24) is 10.3 Å². The lowest BCUT2D eigenvalue weighted by atomic mass is 9.87. The van der Waals surface area contributed by atoms with Gasteiger partial charge in [-0.05, 0) is 18.3 Å². The molecule has 0 aliphatic carbocycles. The molecular weight excluding hydrogens is 284 g/mol. The Morgan fingerprint density at radius 3 is 2.76 bits per heavy atom. The lowest BCUT2D eigenvalue weighted by molar-refractivity contribution is -0.124. The fourth-order valence-electron chi connectivity index (χ4n) is 2.28. The summed E-state index contributed by atoms with van der Waals surface area (Å²) in [5, 5.41) is 6.10. The van der Waals surface area contributed by atoms with Crippen LogP contribution in [0.4, 0.5) is 5.13 Å². The van der Waals surface area contributed by atoms with Crippen molar-refractivity contribution in [3.05, 3.63) is 11.1 Å². The minimum atomic E-state index is -0.479. The Morgan fingerprint density at radius 1 is 1.48 bits per heavy atom. The highest BCUT2D eigenvalue weighted by Gasteiger charge is 2.27. The van der Waals surface area contributed by atoms with Crippen molar-refractivity contribution in [1.29, 1.82) is 0 Å². The summed E-state index contributed by atoms with van der Waals surface area (Å²) in [5.74, 6) is -0.0857. The number of hydrogen-bond acceptors (Lipinski definition) is 5. The Morgan fingerprint density at radius 2 is 2.14 bits per heavy atom. The molecule has 2 heterocycles. The summed E-state index contributed by atoms with van der Waals surface area (Å²) in [6.07, 6.45) is 3.28. The first-order valence-electron chi connectivity index (χ1n) is 7.60. The molecule has 0 unspecified atom stereocenters. The van der Waals surface area contributed by atoms with E-state index in [1.165, 1.54) is 12.8 Å². The molecule has 1 aliphatic rings. The van der Waals surface area contributed by atoms with Crippen LogP contribution in [0.25, 0.3) is 0 Å². The third kappa shape index (κ3) is 4.41. The molecule has 1 aromatic rings. The molecule has 0 aromatic carbocycles. The fraction of sp³-hybridized carbons (Fsp3) is 0.733. The van der Waals surface area contributed by atoms with Gasteiger partial charge in [0.25, 0.3) is 0 Å². The third-order valence-corrected chi connectivity index (χ3v) is 4.76. The van der Waals surface area contributed by atoms with Crippen molar-refractivity contribution in [2.24, 2.45) is 11.1 Å². The molecule has 0 bridgehead atoms. The van der Waals surface area contributed by atoms with Gasteiger partial charge in [0.1, 0.15) is 0 Å². The highest BCUT2D eigenvalue weighted by Crippen LogP contribution is 2.24. The fourth-order valence-corrected chi connectivity index (χ4v) is 3.20. The minimum Gasteiger partial charge on any atom is -0.354 e. The SMILES string of the molecule is CC(C)(C)[C@H](N)C(=O)NCCc1csc(N2CCCC2)n1. The van der Waals surface area contributed by atoms with Crippen molar-refractivity contribution >= 4 is 22.4 Å². The van der Waals surface area contributed by atoms with Gasteiger partial charge in [-0.3, -0.25) is 4.79 Å². The van der Waals surface area contributed by atoms with E-state index in [1.54, 1.807) is 11.3 Å². The molecule has 2 rings (SSSR count). The van der Waals surface area contributed by atoms with Gasteiger partial charge in [0.15, 0.2) is 5.13 Å². The zero-order chi connectivity index (χ0) is 15.5. The number of thiazole rings is 1.